The Balaban J connectivity index is 1.62. The Morgan fingerprint density at radius 1 is 0.750 bits per heavy atom. The molecule has 0 aliphatic carbocycles. The number of ether oxygens (including phenoxy) is 2. The molecular weight excluding hydrogens is 404 g/mol. The van der Waals surface area contributed by atoms with E-state index in [1.54, 1.807) is 19.1 Å². The number of nitrogens with one attached hydrogen (secondary N) is 1. The van der Waals surface area contributed by atoms with Crippen molar-refractivity contribution in [2.45, 2.75) is 19.5 Å². The Labute approximate surface area is 188 Å². The smallest absolute Gasteiger partial charge is 0.312 e. The minimum Gasteiger partial charge on any atom is -0.493 e. The first-order valence-corrected chi connectivity index (χ1v) is 10.5. The fourth-order valence-electron chi connectivity index (χ4n) is 3.38. The van der Waals surface area contributed by atoms with Crippen LogP contribution in [0.2, 0.25) is 0 Å². The van der Waals surface area contributed by atoms with Gasteiger partial charge in [0.1, 0.15) is 0 Å². The second-order valence-electron chi connectivity index (χ2n) is 7.33. The van der Waals surface area contributed by atoms with Crippen molar-refractivity contribution in [2.75, 3.05) is 20.8 Å². The van der Waals surface area contributed by atoms with Crippen molar-refractivity contribution in [3.05, 3.63) is 95.6 Å². The van der Waals surface area contributed by atoms with Crippen LogP contribution in [-0.4, -0.2) is 37.5 Å². The molecule has 1 N–H and O–H groups in total. The van der Waals surface area contributed by atoms with Gasteiger partial charge in [-0.15, -0.1) is 0 Å². The molecule has 0 spiro atoms. The van der Waals surface area contributed by atoms with Crippen LogP contribution in [-0.2, 0) is 29.1 Å². The summed E-state index contributed by atoms with van der Waals surface area (Å²) in [5.74, 6) is 0.111. The summed E-state index contributed by atoms with van der Waals surface area (Å²) in [5, 5.41) is 2.75. The van der Waals surface area contributed by atoms with Gasteiger partial charge in [0.2, 0.25) is 0 Å². The molecule has 0 radical (unpaired) electrons. The number of hydrogen-bond acceptors (Lipinski definition) is 4. The molecule has 3 rings (SSSR count). The fourth-order valence-corrected chi connectivity index (χ4v) is 3.38. The highest BCUT2D eigenvalue weighted by atomic mass is 16.5. The van der Waals surface area contributed by atoms with E-state index in [1.165, 1.54) is 0 Å². The molecule has 0 atom stereocenters. The molecule has 0 saturated carbocycles. The van der Waals surface area contributed by atoms with Gasteiger partial charge in [-0.05, 0) is 35.2 Å². The van der Waals surface area contributed by atoms with E-state index in [0.29, 0.717) is 37.6 Å². The minimum absolute atomic E-state index is 0.338. The van der Waals surface area contributed by atoms with Gasteiger partial charge in [0.25, 0.3) is 0 Å². The number of hydrogen-bond donors (Lipinski definition) is 1. The van der Waals surface area contributed by atoms with Gasteiger partial charge >= 0.3 is 11.8 Å². The van der Waals surface area contributed by atoms with Gasteiger partial charge in [-0.1, -0.05) is 66.7 Å². The molecule has 0 saturated heterocycles. The Bertz CT molecular complexity index is 981. The Morgan fingerprint density at radius 3 is 1.84 bits per heavy atom. The quantitative estimate of drug-likeness (QED) is 0.525. The molecule has 6 nitrogen and oxygen atoms in total. The van der Waals surface area contributed by atoms with Crippen LogP contribution in [0.1, 0.15) is 16.7 Å². The van der Waals surface area contributed by atoms with Gasteiger partial charge in [0.05, 0.1) is 14.2 Å². The molecule has 0 aromatic heterocycles. The molecule has 0 aliphatic heterocycles. The molecule has 6 heteroatoms. The molecule has 3 aromatic carbocycles. The lowest BCUT2D eigenvalue weighted by molar-refractivity contribution is -0.146. The summed E-state index contributed by atoms with van der Waals surface area (Å²) in [7, 11) is 3.16. The average Bonchev–Trinajstić information content (AvgIpc) is 2.84. The number of amides is 2. The first-order valence-electron chi connectivity index (χ1n) is 10.5. The summed E-state index contributed by atoms with van der Waals surface area (Å²) < 4.78 is 10.6. The van der Waals surface area contributed by atoms with E-state index in [-0.39, 0.29) is 0 Å². The highest BCUT2D eigenvalue weighted by molar-refractivity contribution is 6.34. The van der Waals surface area contributed by atoms with Crippen molar-refractivity contribution in [3.8, 4) is 11.5 Å². The van der Waals surface area contributed by atoms with E-state index >= 15 is 0 Å². The highest BCUT2D eigenvalue weighted by Gasteiger charge is 2.22. The number of carbonyl (C=O) groups excluding carboxylic acids is 2. The van der Waals surface area contributed by atoms with Crippen molar-refractivity contribution in [2.24, 2.45) is 0 Å². The van der Waals surface area contributed by atoms with Crippen LogP contribution in [0.3, 0.4) is 0 Å². The van der Waals surface area contributed by atoms with E-state index in [9.17, 15) is 9.59 Å². The van der Waals surface area contributed by atoms with Crippen LogP contribution in [0.15, 0.2) is 78.9 Å². The first kappa shape index (κ1) is 22.9. The molecule has 0 heterocycles. The van der Waals surface area contributed by atoms with E-state index in [0.717, 1.165) is 16.7 Å². The third-order valence-corrected chi connectivity index (χ3v) is 5.06. The predicted molar refractivity (Wildman–Crippen MR) is 123 cm³/mol. The molecule has 0 aliphatic rings. The van der Waals surface area contributed by atoms with Gasteiger partial charge in [-0.3, -0.25) is 9.59 Å². The Hall–Kier alpha value is -3.80. The maximum absolute atomic E-state index is 13.0. The Kier molecular flexibility index (Phi) is 8.26. The maximum Gasteiger partial charge on any atom is 0.312 e. The van der Waals surface area contributed by atoms with E-state index in [2.05, 4.69) is 5.32 Å². The molecule has 166 valence electrons. The molecule has 32 heavy (non-hydrogen) atoms. The summed E-state index contributed by atoms with van der Waals surface area (Å²) in [4.78, 5) is 27.2. The van der Waals surface area contributed by atoms with Gasteiger partial charge in [-0.2, -0.15) is 0 Å². The van der Waals surface area contributed by atoms with Crippen molar-refractivity contribution >= 4 is 11.8 Å². The lowest BCUT2D eigenvalue weighted by atomic mass is 10.1. The zero-order valence-corrected chi connectivity index (χ0v) is 18.4. The zero-order valence-electron chi connectivity index (χ0n) is 18.4. The lowest BCUT2D eigenvalue weighted by Gasteiger charge is -2.22. The third-order valence-electron chi connectivity index (χ3n) is 5.06. The topological polar surface area (TPSA) is 67.9 Å². The molecule has 0 unspecified atom stereocenters. The van der Waals surface area contributed by atoms with Crippen molar-refractivity contribution in [1.29, 1.82) is 0 Å². The number of nitrogens with zero attached hydrogens (tertiary/aromatic N) is 1. The van der Waals surface area contributed by atoms with E-state index < -0.39 is 11.8 Å². The molecule has 0 bridgehead atoms. The lowest BCUT2D eigenvalue weighted by Crippen LogP contribution is -2.42. The Morgan fingerprint density at radius 2 is 1.31 bits per heavy atom. The predicted octanol–water partition coefficient (Wildman–Crippen LogP) is 3.59. The third kappa shape index (κ3) is 6.35. The molecule has 0 fully saturated rings. The standard InChI is InChI=1S/C26H28N2O4/c1-31-23-14-13-20(17-24(23)32-2)15-16-27-25(29)26(30)28(18-21-9-5-3-6-10-21)19-22-11-7-4-8-12-22/h3-14,17H,15-16,18-19H2,1-2H3,(H,27,29). The van der Waals surface area contributed by atoms with Crippen molar-refractivity contribution < 1.29 is 19.1 Å². The summed E-state index contributed by atoms with van der Waals surface area (Å²) in [5.41, 5.74) is 2.91. The second kappa shape index (κ2) is 11.6. The van der Waals surface area contributed by atoms with Crippen LogP contribution in [0, 0.1) is 0 Å². The molecule has 2 amide bonds. The first-order chi connectivity index (χ1) is 15.6. The van der Waals surface area contributed by atoms with Crippen molar-refractivity contribution in [3.63, 3.8) is 0 Å². The van der Waals surface area contributed by atoms with Crippen LogP contribution in [0.4, 0.5) is 0 Å². The van der Waals surface area contributed by atoms with Gasteiger partial charge < -0.3 is 19.7 Å². The highest BCUT2D eigenvalue weighted by Crippen LogP contribution is 2.27. The largest absolute Gasteiger partial charge is 0.493 e. The maximum atomic E-state index is 13.0. The normalized spacial score (nSPS) is 10.3. The molecule has 3 aromatic rings. The van der Waals surface area contributed by atoms with Gasteiger partial charge in [-0.25, -0.2) is 0 Å². The van der Waals surface area contributed by atoms with Crippen LogP contribution in [0.25, 0.3) is 0 Å². The number of benzene rings is 3. The summed E-state index contributed by atoms with van der Waals surface area (Å²) in [6, 6.07) is 24.9. The van der Waals surface area contributed by atoms with Gasteiger partial charge in [0.15, 0.2) is 11.5 Å². The summed E-state index contributed by atoms with van der Waals surface area (Å²) in [6.07, 6.45) is 0.566. The van der Waals surface area contributed by atoms with E-state index in [1.807, 2.05) is 78.9 Å². The SMILES string of the molecule is COc1ccc(CCNC(=O)C(=O)N(Cc2ccccc2)Cc2ccccc2)cc1OC. The fraction of sp³-hybridized carbons (Fsp3) is 0.231. The van der Waals surface area contributed by atoms with Gasteiger partial charge in [0, 0.05) is 19.6 Å². The summed E-state index contributed by atoms with van der Waals surface area (Å²) >= 11 is 0. The molecular formula is C26H28N2O4. The summed E-state index contributed by atoms with van der Waals surface area (Å²) in [6.45, 7) is 1.06. The monoisotopic (exact) mass is 432 g/mol. The zero-order chi connectivity index (χ0) is 22.8. The van der Waals surface area contributed by atoms with Crippen molar-refractivity contribution in [1.82, 2.24) is 10.2 Å². The second-order valence-corrected chi connectivity index (χ2v) is 7.33. The average molecular weight is 433 g/mol. The number of methoxy groups -OCH3 is 2. The number of carbonyl (C=O) groups is 2. The minimum atomic E-state index is -0.614. The van der Waals surface area contributed by atoms with Crippen LogP contribution in [0.5, 0.6) is 11.5 Å². The number of rotatable bonds is 9. The van der Waals surface area contributed by atoms with Crippen LogP contribution >= 0.6 is 0 Å². The van der Waals surface area contributed by atoms with E-state index in [4.69, 9.17) is 9.47 Å². The van der Waals surface area contributed by atoms with Crippen LogP contribution < -0.4 is 14.8 Å².